The first-order chi connectivity index (χ1) is 16.0. The van der Waals surface area contributed by atoms with Gasteiger partial charge in [-0.3, -0.25) is 9.59 Å². The normalized spacial score (nSPS) is 21.7. The zero-order chi connectivity index (χ0) is 23.3. The number of anilines is 1. The highest BCUT2D eigenvalue weighted by molar-refractivity contribution is 5.80. The van der Waals surface area contributed by atoms with Crippen molar-refractivity contribution in [3.8, 4) is 0 Å². The molecule has 0 spiro atoms. The molecule has 4 rings (SSSR count). The van der Waals surface area contributed by atoms with Gasteiger partial charge in [-0.1, -0.05) is 25.3 Å². The van der Waals surface area contributed by atoms with Crippen molar-refractivity contribution in [3.05, 3.63) is 23.4 Å². The van der Waals surface area contributed by atoms with Gasteiger partial charge in [-0.25, -0.2) is 4.98 Å². The van der Waals surface area contributed by atoms with Gasteiger partial charge in [0.2, 0.25) is 5.91 Å². The number of likely N-dealkylation sites (tertiary alicyclic amines) is 1. The van der Waals surface area contributed by atoms with Crippen LogP contribution in [0.2, 0.25) is 0 Å². The van der Waals surface area contributed by atoms with E-state index in [1.54, 1.807) is 6.92 Å². The van der Waals surface area contributed by atoms with E-state index >= 15 is 0 Å². The molecule has 3 aliphatic rings. The lowest BCUT2D eigenvalue weighted by molar-refractivity contribution is -0.147. The highest BCUT2D eigenvalue weighted by Crippen LogP contribution is 2.41. The number of hydrogen-bond acceptors (Lipinski definition) is 5. The Hall–Kier alpha value is -1.95. The van der Waals surface area contributed by atoms with Gasteiger partial charge in [-0.05, 0) is 82.3 Å². The highest BCUT2D eigenvalue weighted by atomic mass is 16.3. The molecule has 2 fully saturated rings. The van der Waals surface area contributed by atoms with Crippen molar-refractivity contribution in [2.75, 3.05) is 25.0 Å². The van der Waals surface area contributed by atoms with Crippen molar-refractivity contribution in [1.29, 1.82) is 0 Å². The highest BCUT2D eigenvalue weighted by Gasteiger charge is 2.46. The molecule has 0 bridgehead atoms. The molecule has 0 aromatic carbocycles. The van der Waals surface area contributed by atoms with Gasteiger partial charge in [-0.2, -0.15) is 0 Å². The van der Waals surface area contributed by atoms with E-state index in [0.717, 1.165) is 69.4 Å². The van der Waals surface area contributed by atoms with E-state index in [-0.39, 0.29) is 17.6 Å². The van der Waals surface area contributed by atoms with E-state index in [1.165, 1.54) is 18.4 Å². The number of nitrogens with zero attached hydrogens (tertiary/aromatic N) is 2. The Bertz CT molecular complexity index is 826. The van der Waals surface area contributed by atoms with Gasteiger partial charge in [0.25, 0.3) is 0 Å². The third kappa shape index (κ3) is 5.95. The van der Waals surface area contributed by atoms with E-state index in [1.807, 2.05) is 4.90 Å². The van der Waals surface area contributed by atoms with E-state index in [4.69, 9.17) is 4.98 Å². The van der Waals surface area contributed by atoms with Crippen LogP contribution >= 0.6 is 0 Å². The molecule has 2 N–H and O–H groups in total. The lowest BCUT2D eigenvalue weighted by Gasteiger charge is -2.45. The van der Waals surface area contributed by atoms with Crippen LogP contribution in [0.1, 0.15) is 88.8 Å². The third-order valence-corrected chi connectivity index (χ3v) is 8.15. The number of pyridine rings is 1. The summed E-state index contributed by atoms with van der Waals surface area (Å²) < 4.78 is 0. The van der Waals surface area contributed by atoms with Crippen molar-refractivity contribution in [2.45, 2.75) is 96.0 Å². The molecule has 1 amide bonds. The topological polar surface area (TPSA) is 82.5 Å². The van der Waals surface area contributed by atoms with E-state index < -0.39 is 5.60 Å². The summed E-state index contributed by atoms with van der Waals surface area (Å²) >= 11 is 0. The number of aromatic nitrogens is 1. The first kappa shape index (κ1) is 24.2. The Labute approximate surface area is 198 Å². The van der Waals surface area contributed by atoms with Crippen molar-refractivity contribution in [1.82, 2.24) is 9.88 Å². The number of carbonyl (C=O) groups excluding carboxylic acids is 2. The predicted octanol–water partition coefficient (Wildman–Crippen LogP) is 4.29. The van der Waals surface area contributed by atoms with Gasteiger partial charge in [0.1, 0.15) is 11.6 Å². The van der Waals surface area contributed by atoms with Crippen LogP contribution in [0.25, 0.3) is 0 Å². The molecule has 1 saturated carbocycles. The Kier molecular flexibility index (Phi) is 8.05. The van der Waals surface area contributed by atoms with Crippen molar-refractivity contribution >= 4 is 17.5 Å². The Balaban J connectivity index is 1.21. The molecule has 1 aromatic heterocycles. The van der Waals surface area contributed by atoms with Crippen LogP contribution in [-0.4, -0.2) is 51.9 Å². The minimum absolute atomic E-state index is 0.121. The Morgan fingerprint density at radius 2 is 1.91 bits per heavy atom. The van der Waals surface area contributed by atoms with Crippen LogP contribution in [-0.2, 0) is 22.4 Å². The molecule has 6 nitrogen and oxygen atoms in total. The van der Waals surface area contributed by atoms with Crippen LogP contribution in [0.4, 0.5) is 5.82 Å². The van der Waals surface area contributed by atoms with Crippen molar-refractivity contribution in [3.63, 3.8) is 0 Å². The van der Waals surface area contributed by atoms with Gasteiger partial charge in [0.15, 0.2) is 0 Å². The molecule has 1 atom stereocenters. The molecule has 0 radical (unpaired) electrons. The number of unbranched alkanes of at least 4 members (excludes halogenated alkanes) is 1. The first-order valence-corrected chi connectivity index (χ1v) is 13.2. The molecular weight excluding hydrogens is 414 g/mol. The molecule has 1 unspecified atom stereocenters. The molecule has 182 valence electrons. The number of Topliss-reactive ketones (excluding diaryl/α,β-unsaturated/α-hetero) is 1. The zero-order valence-corrected chi connectivity index (χ0v) is 20.3. The fourth-order valence-electron chi connectivity index (χ4n) is 6.32. The largest absolute Gasteiger partial charge is 0.389 e. The lowest BCUT2D eigenvalue weighted by atomic mass is 9.67. The van der Waals surface area contributed by atoms with Crippen LogP contribution < -0.4 is 5.32 Å². The van der Waals surface area contributed by atoms with Gasteiger partial charge in [0, 0.05) is 37.7 Å². The summed E-state index contributed by atoms with van der Waals surface area (Å²) in [5.41, 5.74) is 1.45. The first-order valence-electron chi connectivity index (χ1n) is 13.2. The number of nitrogens with one attached hydrogen (secondary N) is 1. The summed E-state index contributed by atoms with van der Waals surface area (Å²) in [6.45, 7) is 3.76. The Morgan fingerprint density at radius 1 is 1.15 bits per heavy atom. The molecule has 6 heteroatoms. The number of fused-ring (bicyclic) bond motifs is 1. The molecule has 2 aliphatic heterocycles. The average Bonchev–Trinajstić information content (AvgIpc) is 2.82. The van der Waals surface area contributed by atoms with Crippen LogP contribution in [0.15, 0.2) is 12.1 Å². The summed E-state index contributed by atoms with van der Waals surface area (Å²) in [5.74, 6) is 1.36. The summed E-state index contributed by atoms with van der Waals surface area (Å²) in [7, 11) is 0. The second-order valence-electron chi connectivity index (χ2n) is 10.5. The minimum Gasteiger partial charge on any atom is -0.389 e. The third-order valence-electron chi connectivity index (χ3n) is 8.15. The van der Waals surface area contributed by atoms with E-state index in [2.05, 4.69) is 17.4 Å². The van der Waals surface area contributed by atoms with Crippen molar-refractivity contribution < 1.29 is 14.7 Å². The number of piperidine rings is 1. The van der Waals surface area contributed by atoms with E-state index in [0.29, 0.717) is 38.3 Å². The number of carbonyl (C=O) groups is 2. The molecule has 1 saturated heterocycles. The molecular formula is C27H41N3O3. The SMILES string of the molecule is CC(=O)C(C1CCCCC1)C1(O)CCN(C(=O)CCCCc2ccc3c(n2)NCCC3)CC1. The summed E-state index contributed by atoms with van der Waals surface area (Å²) in [4.78, 5) is 31.9. The second kappa shape index (κ2) is 11.0. The van der Waals surface area contributed by atoms with Gasteiger partial charge >= 0.3 is 0 Å². The Morgan fingerprint density at radius 3 is 2.64 bits per heavy atom. The number of aliphatic hydroxyl groups is 1. The maximum absolute atomic E-state index is 12.8. The van der Waals surface area contributed by atoms with Crippen molar-refractivity contribution in [2.24, 2.45) is 11.8 Å². The summed E-state index contributed by atoms with van der Waals surface area (Å²) in [6.07, 6.45) is 12.2. The average molecular weight is 456 g/mol. The molecule has 1 aromatic rings. The number of rotatable bonds is 8. The van der Waals surface area contributed by atoms with E-state index in [9.17, 15) is 14.7 Å². The standard InChI is InChI=1S/C27H41N3O3/c1-20(31)25(21-8-3-2-4-9-21)27(33)15-18-30(19-16-27)24(32)12-6-5-11-23-14-13-22-10-7-17-28-26(22)29-23/h13-14,21,25,33H,2-12,15-19H2,1H3,(H,28,29). The monoisotopic (exact) mass is 455 g/mol. The van der Waals surface area contributed by atoms with Crippen LogP contribution in [0.3, 0.4) is 0 Å². The summed E-state index contributed by atoms with van der Waals surface area (Å²) in [5, 5.41) is 14.8. The fourth-order valence-corrected chi connectivity index (χ4v) is 6.32. The maximum Gasteiger partial charge on any atom is 0.222 e. The molecule has 1 aliphatic carbocycles. The minimum atomic E-state index is -0.948. The van der Waals surface area contributed by atoms with Crippen LogP contribution in [0, 0.1) is 11.8 Å². The van der Waals surface area contributed by atoms with Gasteiger partial charge < -0.3 is 15.3 Å². The lowest BCUT2D eigenvalue weighted by Crippen LogP contribution is -2.54. The second-order valence-corrected chi connectivity index (χ2v) is 10.5. The molecule has 33 heavy (non-hydrogen) atoms. The smallest absolute Gasteiger partial charge is 0.222 e. The summed E-state index contributed by atoms with van der Waals surface area (Å²) in [6, 6.07) is 4.31. The quantitative estimate of drug-likeness (QED) is 0.572. The number of ketones is 1. The zero-order valence-electron chi connectivity index (χ0n) is 20.3. The number of hydrogen-bond donors (Lipinski definition) is 2. The number of amides is 1. The molecule has 3 heterocycles. The fraction of sp³-hybridized carbons (Fsp3) is 0.741. The maximum atomic E-state index is 12.8. The predicted molar refractivity (Wildman–Crippen MR) is 130 cm³/mol. The van der Waals surface area contributed by atoms with Crippen LogP contribution in [0.5, 0.6) is 0 Å². The number of aryl methyl sites for hydroxylation is 2. The van der Waals surface area contributed by atoms with Gasteiger partial charge in [0.05, 0.1) is 5.60 Å². The van der Waals surface area contributed by atoms with Gasteiger partial charge in [-0.15, -0.1) is 0 Å².